The molecule has 142 valence electrons. The van der Waals surface area contributed by atoms with E-state index in [1.165, 1.54) is 32.1 Å². The zero-order chi connectivity index (χ0) is 18.5. The Kier molecular flexibility index (Phi) is 4.90. The van der Waals surface area contributed by atoms with Crippen LogP contribution in [0.4, 0.5) is 0 Å². The Balaban J connectivity index is 1.61. The molecule has 3 rings (SSSR count). The smallest absolute Gasteiger partial charge is 0.184 e. The molecule has 3 aliphatic rings. The van der Waals surface area contributed by atoms with E-state index in [2.05, 4.69) is 46.5 Å². The van der Waals surface area contributed by atoms with Crippen LogP contribution >= 0.6 is 0 Å². The normalized spacial score (nSPS) is 31.7. The second-order valence-electron chi connectivity index (χ2n) is 10.8. The molecule has 0 N–H and O–H groups in total. The minimum absolute atomic E-state index is 0.00213. The van der Waals surface area contributed by atoms with Gasteiger partial charge < -0.3 is 4.43 Å². The summed E-state index contributed by atoms with van der Waals surface area (Å²) in [6, 6.07) is 0. The zero-order valence-electron chi connectivity index (χ0n) is 17.3. The number of rotatable bonds is 7. The van der Waals surface area contributed by atoms with Gasteiger partial charge in [-0.05, 0) is 95.7 Å². The third-order valence-electron chi connectivity index (χ3n) is 6.89. The van der Waals surface area contributed by atoms with Crippen LogP contribution in [0.2, 0.25) is 19.6 Å². The third-order valence-corrected chi connectivity index (χ3v) is 8.06. The van der Waals surface area contributed by atoms with Crippen molar-refractivity contribution in [3.63, 3.8) is 0 Å². The summed E-state index contributed by atoms with van der Waals surface area (Å²) in [5.74, 6) is 0.820. The molecule has 0 spiro atoms. The molecule has 1 unspecified atom stereocenters. The lowest BCUT2D eigenvalue weighted by Crippen LogP contribution is -2.39. The Morgan fingerprint density at radius 3 is 2.52 bits per heavy atom. The molecule has 0 aromatic carbocycles. The highest BCUT2D eigenvalue weighted by molar-refractivity contribution is 6.69. The largest absolute Gasteiger partial charge is 0.413 e. The highest BCUT2D eigenvalue weighted by atomic mass is 28.4. The van der Waals surface area contributed by atoms with Crippen LogP contribution in [0, 0.1) is 16.7 Å². The number of Topliss-reactive ketones (excluding diaryl/α,β-unsaturated/α-hetero) is 1. The minimum atomic E-state index is -1.49. The van der Waals surface area contributed by atoms with E-state index in [1.807, 2.05) is 0 Å². The van der Waals surface area contributed by atoms with Gasteiger partial charge in [0.2, 0.25) is 0 Å². The number of hydrogen-bond acceptors (Lipinski definition) is 2. The second-order valence-corrected chi connectivity index (χ2v) is 15.2. The Labute approximate surface area is 155 Å². The van der Waals surface area contributed by atoms with E-state index in [1.54, 1.807) is 5.57 Å². The van der Waals surface area contributed by atoms with Gasteiger partial charge in [-0.3, -0.25) is 4.79 Å². The van der Waals surface area contributed by atoms with E-state index in [0.29, 0.717) is 17.1 Å². The molecule has 0 radical (unpaired) electrons. The summed E-state index contributed by atoms with van der Waals surface area (Å²) >= 11 is 0. The monoisotopic (exact) mass is 362 g/mol. The number of hydrogen-bond donors (Lipinski definition) is 0. The molecule has 0 heterocycles. The predicted octanol–water partition coefficient (Wildman–Crippen LogP) is 6.27. The van der Waals surface area contributed by atoms with Gasteiger partial charge in [0, 0.05) is 12.3 Å². The molecule has 25 heavy (non-hydrogen) atoms. The molecule has 2 atom stereocenters. The average Bonchev–Trinajstić information content (AvgIpc) is 3.11. The van der Waals surface area contributed by atoms with Crippen molar-refractivity contribution in [3.8, 4) is 0 Å². The molecule has 0 aromatic heterocycles. The minimum Gasteiger partial charge on any atom is -0.413 e. The van der Waals surface area contributed by atoms with Crippen LogP contribution in [0.1, 0.15) is 78.6 Å². The summed E-state index contributed by atoms with van der Waals surface area (Å²) in [6.45, 7) is 13.8. The van der Waals surface area contributed by atoms with Crippen molar-refractivity contribution >= 4 is 14.1 Å². The van der Waals surface area contributed by atoms with E-state index in [9.17, 15) is 4.79 Å². The van der Waals surface area contributed by atoms with Crippen molar-refractivity contribution in [1.29, 1.82) is 0 Å². The second kappa shape index (κ2) is 6.33. The lowest BCUT2D eigenvalue weighted by Gasteiger charge is -2.41. The van der Waals surface area contributed by atoms with Crippen LogP contribution in [0.3, 0.4) is 0 Å². The van der Waals surface area contributed by atoms with Crippen LogP contribution in [0.25, 0.3) is 0 Å². The Bertz CT molecular complexity index is 565. The van der Waals surface area contributed by atoms with Crippen molar-refractivity contribution in [3.05, 3.63) is 11.6 Å². The van der Waals surface area contributed by atoms with Gasteiger partial charge in [-0.2, -0.15) is 0 Å². The summed E-state index contributed by atoms with van der Waals surface area (Å²) < 4.78 is 6.39. The summed E-state index contributed by atoms with van der Waals surface area (Å²) in [5.41, 5.74) is 2.27. The van der Waals surface area contributed by atoms with Gasteiger partial charge >= 0.3 is 0 Å². The van der Waals surface area contributed by atoms with Gasteiger partial charge in [-0.1, -0.05) is 18.6 Å². The zero-order valence-corrected chi connectivity index (χ0v) is 18.3. The van der Waals surface area contributed by atoms with E-state index >= 15 is 0 Å². The van der Waals surface area contributed by atoms with Crippen LogP contribution in [-0.4, -0.2) is 19.7 Å². The quantitative estimate of drug-likeness (QED) is 0.394. The number of carbonyl (C=O) groups excluding carboxylic acids is 1. The van der Waals surface area contributed by atoms with E-state index in [4.69, 9.17) is 4.43 Å². The van der Waals surface area contributed by atoms with Crippen LogP contribution in [0.5, 0.6) is 0 Å². The molecule has 0 aliphatic heterocycles. The number of carbonyl (C=O) groups is 1. The summed E-state index contributed by atoms with van der Waals surface area (Å²) in [4.78, 5) is 12.4. The fourth-order valence-corrected chi connectivity index (χ4v) is 7.64. The molecule has 3 aliphatic carbocycles. The fraction of sp³-hybridized carbons (Fsp3) is 0.864. The molecule has 0 amide bonds. The van der Waals surface area contributed by atoms with E-state index in [-0.39, 0.29) is 11.0 Å². The maximum absolute atomic E-state index is 12.4. The van der Waals surface area contributed by atoms with Crippen LogP contribution < -0.4 is 0 Å². The third kappa shape index (κ3) is 3.97. The molecule has 2 saturated carbocycles. The SMILES string of the molecule is CC(C)(CCCC1(C2=CCC3C(=O)CCC[C@]23C)CC1)O[Si](C)(C)C. The van der Waals surface area contributed by atoms with Crippen molar-refractivity contribution in [2.75, 3.05) is 0 Å². The highest BCUT2D eigenvalue weighted by Crippen LogP contribution is 2.66. The van der Waals surface area contributed by atoms with Gasteiger partial charge in [-0.25, -0.2) is 0 Å². The van der Waals surface area contributed by atoms with Gasteiger partial charge in [-0.15, -0.1) is 0 Å². The summed E-state index contributed by atoms with van der Waals surface area (Å²) in [6.07, 6.45) is 13.0. The first-order valence-electron chi connectivity index (χ1n) is 10.4. The van der Waals surface area contributed by atoms with Gasteiger partial charge in [0.15, 0.2) is 8.32 Å². The summed E-state index contributed by atoms with van der Waals surface area (Å²) in [7, 11) is -1.49. The first-order chi connectivity index (χ1) is 11.5. The van der Waals surface area contributed by atoms with Gasteiger partial charge in [0.25, 0.3) is 0 Å². The lowest BCUT2D eigenvalue weighted by molar-refractivity contribution is -0.128. The highest BCUT2D eigenvalue weighted by Gasteiger charge is 2.57. The Morgan fingerprint density at radius 2 is 1.92 bits per heavy atom. The fourth-order valence-electron chi connectivity index (χ4n) is 5.88. The predicted molar refractivity (Wildman–Crippen MR) is 107 cm³/mol. The van der Waals surface area contributed by atoms with Gasteiger partial charge in [0.05, 0.1) is 5.60 Å². The molecular formula is C22H38O2Si. The van der Waals surface area contributed by atoms with Crippen LogP contribution in [-0.2, 0) is 9.22 Å². The lowest BCUT2D eigenvalue weighted by atomic mass is 9.62. The van der Waals surface area contributed by atoms with Gasteiger partial charge in [0.1, 0.15) is 5.78 Å². The number of ketones is 1. The Hall–Kier alpha value is -0.413. The van der Waals surface area contributed by atoms with Crippen molar-refractivity contribution in [2.45, 2.75) is 104 Å². The first-order valence-corrected chi connectivity index (χ1v) is 13.8. The molecule has 0 bridgehead atoms. The van der Waals surface area contributed by atoms with Crippen molar-refractivity contribution in [1.82, 2.24) is 0 Å². The molecule has 0 aromatic rings. The summed E-state index contributed by atoms with van der Waals surface area (Å²) in [5, 5.41) is 0. The van der Waals surface area contributed by atoms with E-state index in [0.717, 1.165) is 25.7 Å². The molecule has 3 heteroatoms. The number of fused-ring (bicyclic) bond motifs is 1. The maximum atomic E-state index is 12.4. The van der Waals surface area contributed by atoms with E-state index < -0.39 is 8.32 Å². The molecular weight excluding hydrogens is 324 g/mol. The van der Waals surface area contributed by atoms with Crippen molar-refractivity contribution < 1.29 is 9.22 Å². The Morgan fingerprint density at radius 1 is 1.24 bits per heavy atom. The van der Waals surface area contributed by atoms with Crippen molar-refractivity contribution in [2.24, 2.45) is 16.7 Å². The molecule has 0 saturated heterocycles. The topological polar surface area (TPSA) is 26.3 Å². The standard InChI is InChI=1S/C22H38O2Si/c1-20(2,24-25(4,5)6)12-8-14-22(15-16-22)19-11-10-17-18(23)9-7-13-21(17,19)3/h11,17H,7-10,12-16H2,1-6H3/t17?,21-/m0/s1. The van der Waals surface area contributed by atoms with Crippen LogP contribution in [0.15, 0.2) is 11.6 Å². The number of allylic oxidation sites excluding steroid dienone is 2. The molecule has 2 nitrogen and oxygen atoms in total. The maximum Gasteiger partial charge on any atom is 0.184 e. The molecule has 2 fully saturated rings. The first kappa shape index (κ1) is 19.4. The average molecular weight is 363 g/mol.